The molecule has 3 aromatic rings. The van der Waals surface area contributed by atoms with Gasteiger partial charge in [0, 0.05) is 37.2 Å². The molecule has 2 aliphatic rings. The summed E-state index contributed by atoms with van der Waals surface area (Å²) in [5, 5.41) is 8.52. The van der Waals surface area contributed by atoms with Gasteiger partial charge in [-0.1, -0.05) is 12.1 Å². The van der Waals surface area contributed by atoms with E-state index in [1.54, 1.807) is 13.0 Å². The third-order valence-corrected chi connectivity index (χ3v) is 7.05. The minimum absolute atomic E-state index is 0.0802. The van der Waals surface area contributed by atoms with Crippen LogP contribution in [0.5, 0.6) is 0 Å². The molecule has 2 aromatic heterocycles. The van der Waals surface area contributed by atoms with Crippen molar-refractivity contribution >= 4 is 16.7 Å². The van der Waals surface area contributed by atoms with Crippen LogP contribution in [0.2, 0.25) is 0 Å². The number of hydrogen-bond acceptors (Lipinski definition) is 7. The molecular weight excluding hydrogens is 421 g/mol. The van der Waals surface area contributed by atoms with Crippen LogP contribution in [-0.2, 0) is 11.2 Å². The molecule has 2 atom stereocenters. The number of pyridine rings is 1. The van der Waals surface area contributed by atoms with Crippen LogP contribution in [0.4, 0.5) is 10.2 Å². The lowest BCUT2D eigenvalue weighted by atomic mass is 9.99. The van der Waals surface area contributed by atoms with E-state index in [0.29, 0.717) is 23.0 Å². The first-order valence-corrected chi connectivity index (χ1v) is 11.9. The van der Waals surface area contributed by atoms with Crippen LogP contribution in [-0.4, -0.2) is 53.0 Å². The molecule has 5 rings (SSSR count). The van der Waals surface area contributed by atoms with E-state index >= 15 is 4.39 Å². The van der Waals surface area contributed by atoms with Crippen LogP contribution in [0.25, 0.3) is 22.4 Å². The Hall–Kier alpha value is -2.58. The largest absolute Gasteiger partial charge is 0.377 e. The number of nitrogens with one attached hydrogen (secondary N) is 1. The van der Waals surface area contributed by atoms with Crippen LogP contribution < -0.4 is 10.2 Å². The predicted octanol–water partition coefficient (Wildman–Crippen LogP) is 4.34. The number of hydrogen-bond donors (Lipinski definition) is 1. The molecule has 8 heteroatoms. The summed E-state index contributed by atoms with van der Waals surface area (Å²) in [6.07, 6.45) is 4.24. The number of ether oxygens (including phenoxy) is 1. The SMILES string of the molecule is CCc1cc(F)c2nc(N3CC[C@](C)(NC[C@H]4CCCO4)C3)c(-c3nc(C)no3)c(C)c2c1. The van der Waals surface area contributed by atoms with E-state index in [1.807, 2.05) is 19.9 Å². The maximum Gasteiger partial charge on any atom is 0.261 e. The first kappa shape index (κ1) is 22.2. The second-order valence-electron chi connectivity index (χ2n) is 9.66. The fraction of sp³-hybridized carbons (Fsp3) is 0.560. The summed E-state index contributed by atoms with van der Waals surface area (Å²) in [5.41, 5.74) is 2.95. The molecule has 2 aliphatic heterocycles. The number of halogens is 1. The standard InChI is InChI=1S/C25H32FN5O2/c1-5-17-11-19-15(2)21(24-28-16(3)30-33-24)23(29-22(19)20(26)12-17)31-9-8-25(4,14-31)27-13-18-7-6-10-32-18/h11-12,18,27H,5-10,13-14H2,1-4H3/t18-,25+/m1/s1. The lowest BCUT2D eigenvalue weighted by Crippen LogP contribution is -2.47. The second kappa shape index (κ2) is 8.65. The summed E-state index contributed by atoms with van der Waals surface area (Å²) in [6, 6.07) is 3.61. The molecule has 0 spiro atoms. The van der Waals surface area contributed by atoms with Gasteiger partial charge in [0.15, 0.2) is 5.82 Å². The van der Waals surface area contributed by atoms with Gasteiger partial charge in [-0.15, -0.1) is 0 Å². The van der Waals surface area contributed by atoms with E-state index in [0.717, 1.165) is 74.0 Å². The molecule has 0 bridgehead atoms. The van der Waals surface area contributed by atoms with Gasteiger partial charge in [-0.05, 0) is 69.7 Å². The van der Waals surface area contributed by atoms with Crippen molar-refractivity contribution in [3.8, 4) is 11.5 Å². The maximum atomic E-state index is 15.1. The fourth-order valence-electron chi connectivity index (χ4n) is 5.06. The summed E-state index contributed by atoms with van der Waals surface area (Å²) in [4.78, 5) is 11.6. The van der Waals surface area contributed by atoms with E-state index < -0.39 is 0 Å². The highest BCUT2D eigenvalue weighted by atomic mass is 19.1. The third-order valence-electron chi connectivity index (χ3n) is 7.05. The lowest BCUT2D eigenvalue weighted by Gasteiger charge is -2.29. The molecule has 33 heavy (non-hydrogen) atoms. The summed E-state index contributed by atoms with van der Waals surface area (Å²) in [6.45, 7) is 11.3. The van der Waals surface area contributed by atoms with Crippen LogP contribution in [0.15, 0.2) is 16.7 Å². The molecule has 0 aliphatic carbocycles. The van der Waals surface area contributed by atoms with Crippen molar-refractivity contribution in [1.29, 1.82) is 0 Å². The van der Waals surface area contributed by atoms with Gasteiger partial charge in [-0.2, -0.15) is 4.98 Å². The summed E-state index contributed by atoms with van der Waals surface area (Å²) >= 11 is 0. The second-order valence-corrected chi connectivity index (χ2v) is 9.66. The number of fused-ring (bicyclic) bond motifs is 1. The molecule has 176 valence electrons. The normalized spacial score (nSPS) is 23.2. The maximum absolute atomic E-state index is 15.1. The Kier molecular flexibility index (Phi) is 5.82. The first-order valence-electron chi connectivity index (χ1n) is 11.9. The van der Waals surface area contributed by atoms with Crippen molar-refractivity contribution in [2.75, 3.05) is 31.1 Å². The van der Waals surface area contributed by atoms with Crippen LogP contribution in [0.1, 0.15) is 50.1 Å². The van der Waals surface area contributed by atoms with E-state index in [1.165, 1.54) is 0 Å². The van der Waals surface area contributed by atoms with Crippen molar-refractivity contribution in [3.63, 3.8) is 0 Å². The fourth-order valence-corrected chi connectivity index (χ4v) is 5.06. The van der Waals surface area contributed by atoms with Gasteiger partial charge in [0.1, 0.15) is 17.2 Å². The highest BCUT2D eigenvalue weighted by Gasteiger charge is 2.37. The summed E-state index contributed by atoms with van der Waals surface area (Å²) < 4.78 is 26.5. The highest BCUT2D eigenvalue weighted by Crippen LogP contribution is 2.39. The topological polar surface area (TPSA) is 76.3 Å². The van der Waals surface area contributed by atoms with Gasteiger partial charge in [-0.25, -0.2) is 9.37 Å². The predicted molar refractivity (Wildman–Crippen MR) is 126 cm³/mol. The highest BCUT2D eigenvalue weighted by molar-refractivity contribution is 5.93. The zero-order valence-corrected chi connectivity index (χ0v) is 19.9. The molecular formula is C25H32FN5O2. The zero-order chi connectivity index (χ0) is 23.2. The summed E-state index contributed by atoms with van der Waals surface area (Å²) in [7, 11) is 0. The van der Waals surface area contributed by atoms with E-state index in [9.17, 15) is 0 Å². The van der Waals surface area contributed by atoms with Gasteiger partial charge in [0.05, 0.1) is 11.7 Å². The number of benzene rings is 1. The van der Waals surface area contributed by atoms with Crippen LogP contribution in [0.3, 0.4) is 0 Å². The minimum Gasteiger partial charge on any atom is -0.377 e. The number of rotatable bonds is 6. The lowest BCUT2D eigenvalue weighted by molar-refractivity contribution is 0.103. The smallest absolute Gasteiger partial charge is 0.261 e. The zero-order valence-electron chi connectivity index (χ0n) is 19.9. The molecule has 0 unspecified atom stereocenters. The average Bonchev–Trinajstić information content (AvgIpc) is 3.54. The van der Waals surface area contributed by atoms with Gasteiger partial charge in [0.2, 0.25) is 0 Å². The van der Waals surface area contributed by atoms with Gasteiger partial charge in [-0.3, -0.25) is 0 Å². The average molecular weight is 454 g/mol. The molecule has 2 saturated heterocycles. The summed E-state index contributed by atoms with van der Waals surface area (Å²) in [5.74, 6) is 1.40. The van der Waals surface area contributed by atoms with Crippen molar-refractivity contribution in [1.82, 2.24) is 20.4 Å². The number of anilines is 1. The van der Waals surface area contributed by atoms with Crippen LogP contribution in [0, 0.1) is 19.7 Å². The van der Waals surface area contributed by atoms with Gasteiger partial charge >= 0.3 is 0 Å². The quantitative estimate of drug-likeness (QED) is 0.595. The molecule has 0 amide bonds. The first-order chi connectivity index (χ1) is 15.9. The number of nitrogens with zero attached hydrogens (tertiary/aromatic N) is 4. The molecule has 2 fully saturated rings. The Morgan fingerprint density at radius 2 is 2.12 bits per heavy atom. The van der Waals surface area contributed by atoms with Gasteiger partial charge in [0.25, 0.3) is 5.89 Å². The van der Waals surface area contributed by atoms with Crippen LogP contribution >= 0.6 is 0 Å². The van der Waals surface area contributed by atoms with Crippen molar-refractivity contribution < 1.29 is 13.7 Å². The number of aryl methyl sites for hydroxylation is 3. The van der Waals surface area contributed by atoms with Crippen molar-refractivity contribution in [3.05, 3.63) is 34.9 Å². The molecule has 1 N–H and O–H groups in total. The Bertz CT molecular complexity index is 1170. The Labute approximate surface area is 193 Å². The molecule has 7 nitrogen and oxygen atoms in total. The Morgan fingerprint density at radius 1 is 1.27 bits per heavy atom. The van der Waals surface area contributed by atoms with Gasteiger partial charge < -0.3 is 19.5 Å². The Morgan fingerprint density at radius 3 is 2.82 bits per heavy atom. The Balaban J connectivity index is 1.54. The molecule has 0 saturated carbocycles. The van der Waals surface area contributed by atoms with Crippen molar-refractivity contribution in [2.45, 2.75) is 65.0 Å². The van der Waals surface area contributed by atoms with E-state index in [-0.39, 0.29) is 17.5 Å². The monoisotopic (exact) mass is 453 g/mol. The molecule has 1 aromatic carbocycles. The van der Waals surface area contributed by atoms with E-state index in [2.05, 4.69) is 27.3 Å². The van der Waals surface area contributed by atoms with E-state index in [4.69, 9.17) is 14.2 Å². The van der Waals surface area contributed by atoms with Crippen molar-refractivity contribution in [2.24, 2.45) is 0 Å². The third kappa shape index (κ3) is 4.22. The number of aromatic nitrogens is 3. The molecule has 4 heterocycles. The minimum atomic E-state index is -0.291. The molecule has 0 radical (unpaired) electrons.